The second kappa shape index (κ2) is 12.0. The Balaban J connectivity index is 2.32. The third-order valence-electron chi connectivity index (χ3n) is 5.62. The minimum atomic E-state index is -3.85. The van der Waals surface area contributed by atoms with Crippen molar-refractivity contribution in [3.8, 4) is 0 Å². The second-order valence-corrected chi connectivity index (χ2v) is 10.3. The van der Waals surface area contributed by atoms with Crippen LogP contribution in [0, 0.1) is 13.8 Å². The Morgan fingerprint density at radius 2 is 1.64 bits per heavy atom. The number of hydrogen-bond acceptors (Lipinski definition) is 4. The first kappa shape index (κ1) is 26.5. The number of rotatable bonds is 11. The van der Waals surface area contributed by atoms with E-state index in [1.807, 2.05) is 52.0 Å². The van der Waals surface area contributed by atoms with Crippen molar-refractivity contribution in [3.05, 3.63) is 65.2 Å². The van der Waals surface area contributed by atoms with Crippen LogP contribution in [-0.4, -0.2) is 55.6 Å². The molecule has 8 heteroatoms. The van der Waals surface area contributed by atoms with E-state index in [-0.39, 0.29) is 23.9 Å². The van der Waals surface area contributed by atoms with E-state index in [1.54, 1.807) is 12.1 Å². The van der Waals surface area contributed by atoms with Crippen molar-refractivity contribution in [2.75, 3.05) is 20.1 Å². The van der Waals surface area contributed by atoms with Crippen LogP contribution in [0.2, 0.25) is 0 Å². The number of likely N-dealkylation sites (N-methyl/N-ethyl adjacent to an activating group) is 1. The van der Waals surface area contributed by atoms with Gasteiger partial charge in [-0.25, -0.2) is 8.42 Å². The van der Waals surface area contributed by atoms with Crippen LogP contribution < -0.4 is 5.32 Å². The fraction of sp³-hybridized carbons (Fsp3) is 0.440. The molecule has 0 saturated heterocycles. The van der Waals surface area contributed by atoms with Crippen molar-refractivity contribution in [1.29, 1.82) is 0 Å². The van der Waals surface area contributed by atoms with Gasteiger partial charge in [-0.2, -0.15) is 4.31 Å². The summed E-state index contributed by atoms with van der Waals surface area (Å²) in [5.74, 6) is -0.653. The highest BCUT2D eigenvalue weighted by Crippen LogP contribution is 2.18. The Hall–Kier alpha value is -2.71. The number of aryl methyl sites for hydroxylation is 2. The zero-order chi connectivity index (χ0) is 24.6. The molecule has 0 fully saturated rings. The van der Waals surface area contributed by atoms with Crippen molar-refractivity contribution >= 4 is 21.8 Å². The second-order valence-electron chi connectivity index (χ2n) is 8.24. The van der Waals surface area contributed by atoms with Crippen LogP contribution >= 0.6 is 0 Å². The standard InChI is InChI=1S/C25H35N3O4S/c1-6-16-26-25(30)23(7-2)28(17-21-11-9-8-10-20(21)4)24(29)18-27(5)33(31,32)22-14-12-19(3)13-15-22/h8-15,23H,6-7,16-18H2,1-5H3,(H,26,30)/t23-/m0/s1. The summed E-state index contributed by atoms with van der Waals surface area (Å²) < 4.78 is 27.1. The number of carbonyl (C=O) groups excluding carboxylic acids is 2. The van der Waals surface area contributed by atoms with Gasteiger partial charge in [-0.05, 0) is 49.9 Å². The summed E-state index contributed by atoms with van der Waals surface area (Å²) >= 11 is 0. The third kappa shape index (κ3) is 6.88. The number of benzene rings is 2. The van der Waals surface area contributed by atoms with Gasteiger partial charge in [0, 0.05) is 20.1 Å². The maximum Gasteiger partial charge on any atom is 0.243 e. The van der Waals surface area contributed by atoms with Gasteiger partial charge in [-0.1, -0.05) is 55.8 Å². The van der Waals surface area contributed by atoms with Gasteiger partial charge in [0.2, 0.25) is 21.8 Å². The van der Waals surface area contributed by atoms with Crippen LogP contribution in [0.1, 0.15) is 43.4 Å². The van der Waals surface area contributed by atoms with Gasteiger partial charge in [0.15, 0.2) is 0 Å². The molecule has 0 saturated carbocycles. The summed E-state index contributed by atoms with van der Waals surface area (Å²) in [5.41, 5.74) is 2.86. The molecule has 0 aromatic heterocycles. The largest absolute Gasteiger partial charge is 0.354 e. The lowest BCUT2D eigenvalue weighted by Crippen LogP contribution is -2.51. The summed E-state index contributed by atoms with van der Waals surface area (Å²) in [6.07, 6.45) is 1.20. The van der Waals surface area contributed by atoms with Crippen molar-refractivity contribution < 1.29 is 18.0 Å². The lowest BCUT2D eigenvalue weighted by atomic mass is 10.1. The first-order chi connectivity index (χ1) is 15.6. The van der Waals surface area contributed by atoms with Gasteiger partial charge in [0.1, 0.15) is 6.04 Å². The smallest absolute Gasteiger partial charge is 0.243 e. The first-order valence-electron chi connectivity index (χ1n) is 11.3. The fourth-order valence-electron chi connectivity index (χ4n) is 3.51. The Bertz CT molecular complexity index is 1050. The number of nitrogens with one attached hydrogen (secondary N) is 1. The minimum Gasteiger partial charge on any atom is -0.354 e. The molecule has 2 rings (SSSR count). The summed E-state index contributed by atoms with van der Waals surface area (Å²) in [6.45, 7) is 8.01. The normalized spacial score (nSPS) is 12.4. The molecule has 2 aromatic carbocycles. The summed E-state index contributed by atoms with van der Waals surface area (Å²) in [7, 11) is -2.46. The summed E-state index contributed by atoms with van der Waals surface area (Å²) in [4.78, 5) is 27.9. The van der Waals surface area contributed by atoms with Crippen LogP contribution in [0.3, 0.4) is 0 Å². The molecule has 0 aliphatic heterocycles. The molecule has 7 nitrogen and oxygen atoms in total. The predicted octanol–water partition coefficient (Wildman–Crippen LogP) is 3.26. The van der Waals surface area contributed by atoms with Crippen molar-refractivity contribution in [3.63, 3.8) is 0 Å². The van der Waals surface area contributed by atoms with Gasteiger partial charge < -0.3 is 10.2 Å². The molecule has 2 aromatic rings. The number of amides is 2. The fourth-order valence-corrected chi connectivity index (χ4v) is 4.63. The molecule has 180 valence electrons. The van der Waals surface area contributed by atoms with Crippen LogP contribution in [-0.2, 0) is 26.2 Å². The summed E-state index contributed by atoms with van der Waals surface area (Å²) in [6, 6.07) is 13.5. The molecule has 0 bridgehead atoms. The molecule has 0 aliphatic rings. The molecule has 2 amide bonds. The third-order valence-corrected chi connectivity index (χ3v) is 7.44. The van der Waals surface area contributed by atoms with Crippen LogP contribution in [0.25, 0.3) is 0 Å². The lowest BCUT2D eigenvalue weighted by Gasteiger charge is -2.32. The zero-order valence-electron chi connectivity index (χ0n) is 20.2. The lowest BCUT2D eigenvalue weighted by molar-refractivity contribution is -0.141. The van der Waals surface area contributed by atoms with E-state index in [9.17, 15) is 18.0 Å². The molecule has 0 heterocycles. The van der Waals surface area contributed by atoms with E-state index in [0.29, 0.717) is 13.0 Å². The van der Waals surface area contributed by atoms with Crippen LogP contribution in [0.15, 0.2) is 53.4 Å². The Kier molecular flexibility index (Phi) is 9.61. The average molecular weight is 474 g/mol. The Morgan fingerprint density at radius 3 is 2.21 bits per heavy atom. The highest BCUT2D eigenvalue weighted by molar-refractivity contribution is 7.89. The van der Waals surface area contributed by atoms with E-state index >= 15 is 0 Å². The molecular weight excluding hydrogens is 438 g/mol. The first-order valence-corrected chi connectivity index (χ1v) is 12.7. The zero-order valence-corrected chi connectivity index (χ0v) is 21.0. The predicted molar refractivity (Wildman–Crippen MR) is 130 cm³/mol. The van der Waals surface area contributed by atoms with Gasteiger partial charge in [0.25, 0.3) is 0 Å². The van der Waals surface area contributed by atoms with Crippen LogP contribution in [0.4, 0.5) is 0 Å². The number of sulfonamides is 1. The number of carbonyl (C=O) groups is 2. The SMILES string of the molecule is CCCNC(=O)[C@H](CC)N(Cc1ccccc1C)C(=O)CN(C)S(=O)(=O)c1ccc(C)cc1. The number of hydrogen-bond donors (Lipinski definition) is 1. The topological polar surface area (TPSA) is 86.8 Å². The summed E-state index contributed by atoms with van der Waals surface area (Å²) in [5, 5.41) is 2.87. The quantitative estimate of drug-likeness (QED) is 0.543. The van der Waals surface area contributed by atoms with E-state index in [2.05, 4.69) is 5.32 Å². The molecule has 0 radical (unpaired) electrons. The van der Waals surface area contributed by atoms with Gasteiger partial charge in [-0.15, -0.1) is 0 Å². The van der Waals surface area contributed by atoms with E-state index < -0.39 is 22.0 Å². The van der Waals surface area contributed by atoms with Gasteiger partial charge >= 0.3 is 0 Å². The Morgan fingerprint density at radius 1 is 1.00 bits per heavy atom. The highest BCUT2D eigenvalue weighted by atomic mass is 32.2. The van der Waals surface area contributed by atoms with Crippen molar-refractivity contribution in [2.45, 2.75) is 58.0 Å². The van der Waals surface area contributed by atoms with Gasteiger partial charge in [0.05, 0.1) is 11.4 Å². The monoisotopic (exact) mass is 473 g/mol. The van der Waals surface area contributed by atoms with E-state index in [4.69, 9.17) is 0 Å². The number of nitrogens with zero attached hydrogens (tertiary/aromatic N) is 2. The maximum absolute atomic E-state index is 13.4. The molecule has 33 heavy (non-hydrogen) atoms. The maximum atomic E-state index is 13.4. The van der Waals surface area contributed by atoms with E-state index in [1.165, 1.54) is 24.1 Å². The van der Waals surface area contributed by atoms with Crippen molar-refractivity contribution in [2.24, 2.45) is 0 Å². The molecule has 0 spiro atoms. The average Bonchev–Trinajstić information content (AvgIpc) is 2.78. The van der Waals surface area contributed by atoms with E-state index in [0.717, 1.165) is 27.4 Å². The van der Waals surface area contributed by atoms with Crippen LogP contribution in [0.5, 0.6) is 0 Å². The molecular formula is C25H35N3O4S. The minimum absolute atomic E-state index is 0.126. The van der Waals surface area contributed by atoms with Gasteiger partial charge in [-0.3, -0.25) is 9.59 Å². The molecule has 0 aliphatic carbocycles. The highest BCUT2D eigenvalue weighted by Gasteiger charge is 2.31. The molecule has 0 unspecified atom stereocenters. The van der Waals surface area contributed by atoms with Crippen molar-refractivity contribution in [1.82, 2.24) is 14.5 Å². The molecule has 1 N–H and O–H groups in total. The molecule has 1 atom stereocenters. The Labute approximate surface area is 197 Å².